The lowest BCUT2D eigenvalue weighted by molar-refractivity contribution is -0.132. The van der Waals surface area contributed by atoms with E-state index in [0.29, 0.717) is 28.3 Å². The minimum atomic E-state index is -0.808. The number of ketones is 1. The molecule has 0 radical (unpaired) electrons. The summed E-state index contributed by atoms with van der Waals surface area (Å²) in [6.07, 6.45) is 0.855. The van der Waals surface area contributed by atoms with Crippen LogP contribution in [0, 0.1) is 0 Å². The number of anilines is 2. The van der Waals surface area contributed by atoms with Gasteiger partial charge in [0.25, 0.3) is 11.7 Å². The van der Waals surface area contributed by atoms with Crippen LogP contribution in [-0.2, 0) is 16.0 Å². The van der Waals surface area contributed by atoms with Gasteiger partial charge in [-0.05, 0) is 41.8 Å². The fourth-order valence-electron chi connectivity index (χ4n) is 4.46. The van der Waals surface area contributed by atoms with Crippen LogP contribution >= 0.6 is 0 Å². The van der Waals surface area contributed by atoms with Crippen LogP contribution in [0.2, 0.25) is 0 Å². The second kappa shape index (κ2) is 8.83. The van der Waals surface area contributed by atoms with E-state index in [9.17, 15) is 14.7 Å². The Labute approximate surface area is 203 Å². The fraction of sp³-hybridized carbons (Fsp3) is 0.214. The lowest BCUT2D eigenvalue weighted by Crippen LogP contribution is -2.29. The molecule has 7 heteroatoms. The monoisotopic (exact) mass is 470 g/mol. The number of rotatable bonds is 5. The van der Waals surface area contributed by atoms with Gasteiger partial charge < -0.3 is 19.5 Å². The van der Waals surface area contributed by atoms with Crippen LogP contribution in [0.5, 0.6) is 11.5 Å². The number of aryl methyl sites for hydroxylation is 1. The number of aliphatic hydroxyl groups is 1. The zero-order valence-corrected chi connectivity index (χ0v) is 19.8. The van der Waals surface area contributed by atoms with E-state index in [1.807, 2.05) is 62.3 Å². The highest BCUT2D eigenvalue weighted by molar-refractivity contribution is 6.51. The van der Waals surface area contributed by atoms with Crippen LogP contribution in [0.3, 0.4) is 0 Å². The third-order valence-electron chi connectivity index (χ3n) is 6.44. The van der Waals surface area contributed by atoms with Crippen molar-refractivity contribution in [3.8, 4) is 11.5 Å². The quantitative estimate of drug-likeness (QED) is 0.332. The highest BCUT2D eigenvalue weighted by Gasteiger charge is 2.47. The molecule has 178 valence electrons. The zero-order chi connectivity index (χ0) is 24.7. The predicted molar refractivity (Wildman–Crippen MR) is 134 cm³/mol. The van der Waals surface area contributed by atoms with Crippen molar-refractivity contribution in [1.82, 2.24) is 0 Å². The number of benzene rings is 3. The molecule has 3 aromatic carbocycles. The molecule has 5 rings (SSSR count). The molecular formula is C28H26N2O5. The molecule has 7 nitrogen and oxygen atoms in total. The van der Waals surface area contributed by atoms with Crippen molar-refractivity contribution in [2.24, 2.45) is 0 Å². The molecule has 0 saturated carbocycles. The molecule has 1 saturated heterocycles. The lowest BCUT2D eigenvalue weighted by Gasteiger charge is -2.26. The first-order chi connectivity index (χ1) is 16.9. The summed E-state index contributed by atoms with van der Waals surface area (Å²) in [7, 11) is 3.88. The second-order valence-electron chi connectivity index (χ2n) is 8.74. The number of carbonyl (C=O) groups excluding carboxylic acids is 2. The van der Waals surface area contributed by atoms with Crippen LogP contribution < -0.4 is 19.3 Å². The molecule has 1 fully saturated rings. The van der Waals surface area contributed by atoms with Gasteiger partial charge in [-0.15, -0.1) is 0 Å². The molecule has 1 unspecified atom stereocenters. The van der Waals surface area contributed by atoms with Crippen molar-refractivity contribution in [3.05, 3.63) is 89.0 Å². The molecule has 2 heterocycles. The van der Waals surface area contributed by atoms with Crippen LogP contribution in [0.4, 0.5) is 11.4 Å². The Bertz CT molecular complexity index is 1330. The maximum Gasteiger partial charge on any atom is 0.300 e. The number of hydrogen-bond acceptors (Lipinski definition) is 6. The van der Waals surface area contributed by atoms with Crippen molar-refractivity contribution in [1.29, 1.82) is 0 Å². The van der Waals surface area contributed by atoms with Crippen molar-refractivity contribution >= 4 is 28.8 Å². The molecule has 2 aliphatic heterocycles. The van der Waals surface area contributed by atoms with Gasteiger partial charge in [-0.3, -0.25) is 14.5 Å². The summed E-state index contributed by atoms with van der Waals surface area (Å²) in [5, 5.41) is 11.3. The molecule has 0 spiro atoms. The summed E-state index contributed by atoms with van der Waals surface area (Å²) < 4.78 is 10.9. The van der Waals surface area contributed by atoms with Gasteiger partial charge in [0.2, 0.25) is 6.79 Å². The first-order valence-corrected chi connectivity index (χ1v) is 11.5. The van der Waals surface area contributed by atoms with E-state index < -0.39 is 17.7 Å². The van der Waals surface area contributed by atoms with Crippen LogP contribution in [0.25, 0.3) is 5.76 Å². The highest BCUT2D eigenvalue weighted by atomic mass is 16.7. The van der Waals surface area contributed by atoms with Crippen molar-refractivity contribution in [3.63, 3.8) is 0 Å². The number of nitrogens with zero attached hydrogens (tertiary/aromatic N) is 2. The molecule has 0 aliphatic carbocycles. The first-order valence-electron chi connectivity index (χ1n) is 11.5. The summed E-state index contributed by atoms with van der Waals surface area (Å²) in [5.41, 5.74) is 3.81. The van der Waals surface area contributed by atoms with E-state index in [0.717, 1.165) is 17.7 Å². The average Bonchev–Trinajstić information content (AvgIpc) is 3.45. The third kappa shape index (κ3) is 3.89. The second-order valence-corrected chi connectivity index (χ2v) is 8.74. The van der Waals surface area contributed by atoms with Crippen LogP contribution in [-0.4, -0.2) is 37.7 Å². The Morgan fingerprint density at radius 2 is 1.66 bits per heavy atom. The molecule has 3 aromatic rings. The SMILES string of the molecule is CCc1ccc(/C(O)=C2\C(=O)C(=O)N(c3ccc4c(c3)OCO4)C2c2ccc(N(C)C)cc2)cc1. The molecule has 35 heavy (non-hydrogen) atoms. The number of amides is 1. The number of carbonyl (C=O) groups is 2. The van der Waals surface area contributed by atoms with E-state index in [1.165, 1.54) is 4.90 Å². The number of Topliss-reactive ketones (excluding diaryl/α,β-unsaturated/α-hetero) is 1. The minimum absolute atomic E-state index is 0.0505. The summed E-state index contributed by atoms with van der Waals surface area (Å²) in [5.74, 6) is -0.566. The van der Waals surface area contributed by atoms with Gasteiger partial charge in [0.1, 0.15) is 5.76 Å². The van der Waals surface area contributed by atoms with Crippen LogP contribution in [0.1, 0.15) is 29.7 Å². The minimum Gasteiger partial charge on any atom is -0.507 e. The smallest absolute Gasteiger partial charge is 0.300 e. The topological polar surface area (TPSA) is 79.3 Å². The van der Waals surface area contributed by atoms with E-state index in [1.54, 1.807) is 30.3 Å². The largest absolute Gasteiger partial charge is 0.507 e. The van der Waals surface area contributed by atoms with Crippen molar-refractivity contribution < 1.29 is 24.2 Å². The van der Waals surface area contributed by atoms with Crippen LogP contribution in [0.15, 0.2) is 72.3 Å². The number of hydrogen-bond donors (Lipinski definition) is 1. The predicted octanol–water partition coefficient (Wildman–Crippen LogP) is 4.67. The fourth-order valence-corrected chi connectivity index (χ4v) is 4.46. The Morgan fingerprint density at radius 1 is 0.971 bits per heavy atom. The third-order valence-corrected chi connectivity index (χ3v) is 6.44. The summed E-state index contributed by atoms with van der Waals surface area (Å²) in [4.78, 5) is 30.1. The van der Waals surface area contributed by atoms with Gasteiger partial charge in [-0.1, -0.05) is 43.3 Å². The summed E-state index contributed by atoms with van der Waals surface area (Å²) in [6, 6.07) is 19.3. The molecule has 0 bridgehead atoms. The van der Waals surface area contributed by atoms with Gasteiger partial charge in [-0.2, -0.15) is 0 Å². The summed E-state index contributed by atoms with van der Waals surface area (Å²) >= 11 is 0. The molecule has 1 N–H and O–H groups in total. The Hall–Kier alpha value is -4.26. The number of ether oxygens (including phenoxy) is 2. The van der Waals surface area contributed by atoms with Gasteiger partial charge >= 0.3 is 0 Å². The Morgan fingerprint density at radius 3 is 2.31 bits per heavy atom. The highest BCUT2D eigenvalue weighted by Crippen LogP contribution is 2.45. The zero-order valence-electron chi connectivity index (χ0n) is 19.8. The van der Waals surface area contributed by atoms with E-state index in [4.69, 9.17) is 9.47 Å². The van der Waals surface area contributed by atoms with Gasteiger partial charge in [0, 0.05) is 37.1 Å². The maximum atomic E-state index is 13.4. The molecule has 0 aromatic heterocycles. The van der Waals surface area contributed by atoms with Crippen molar-refractivity contribution in [2.75, 3.05) is 30.7 Å². The lowest BCUT2D eigenvalue weighted by atomic mass is 9.94. The average molecular weight is 471 g/mol. The molecule has 1 atom stereocenters. The maximum absolute atomic E-state index is 13.4. The van der Waals surface area contributed by atoms with Gasteiger partial charge in [0.15, 0.2) is 11.5 Å². The van der Waals surface area contributed by atoms with Gasteiger partial charge in [0.05, 0.1) is 11.6 Å². The van der Waals surface area contributed by atoms with Crippen molar-refractivity contribution in [2.45, 2.75) is 19.4 Å². The van der Waals surface area contributed by atoms with E-state index in [2.05, 4.69) is 0 Å². The van der Waals surface area contributed by atoms with E-state index >= 15 is 0 Å². The number of aliphatic hydroxyl groups excluding tert-OH is 1. The molecular weight excluding hydrogens is 444 g/mol. The standard InChI is InChI=1S/C28H26N2O5/c1-4-17-5-7-19(8-6-17)26(31)24-25(18-9-11-20(12-10-18)29(2)3)30(28(33)27(24)32)21-13-14-22-23(15-21)35-16-34-22/h5-15,25,31H,4,16H2,1-3H3/b26-24+. The Kier molecular flexibility index (Phi) is 5.68. The number of fused-ring (bicyclic) bond motifs is 1. The summed E-state index contributed by atoms with van der Waals surface area (Å²) in [6.45, 7) is 2.14. The van der Waals surface area contributed by atoms with Gasteiger partial charge in [-0.25, -0.2) is 0 Å². The molecule has 2 aliphatic rings. The molecule has 1 amide bonds. The van der Waals surface area contributed by atoms with E-state index in [-0.39, 0.29) is 18.1 Å². The Balaban J connectivity index is 1.67. The normalized spacial score (nSPS) is 18.3. The first kappa shape index (κ1) is 22.5.